The lowest BCUT2D eigenvalue weighted by Gasteiger charge is -2.23. The van der Waals surface area contributed by atoms with Gasteiger partial charge < -0.3 is 14.6 Å². The van der Waals surface area contributed by atoms with Crippen molar-refractivity contribution in [3.63, 3.8) is 0 Å². The maximum absolute atomic E-state index is 12.6. The van der Waals surface area contributed by atoms with Crippen molar-refractivity contribution in [3.8, 4) is 5.69 Å². The molecule has 1 N–H and O–H groups in total. The second kappa shape index (κ2) is 6.36. The quantitative estimate of drug-likeness (QED) is 0.943. The molecule has 1 aromatic carbocycles. The molecule has 0 aliphatic heterocycles. The summed E-state index contributed by atoms with van der Waals surface area (Å²) in [6.45, 7) is 7.80. The van der Waals surface area contributed by atoms with Crippen LogP contribution in [0.4, 0.5) is 0 Å². The van der Waals surface area contributed by atoms with Gasteiger partial charge in [-0.2, -0.15) is 0 Å². The number of carbonyl (C=O) groups is 1. The highest BCUT2D eigenvalue weighted by Gasteiger charge is 2.22. The van der Waals surface area contributed by atoms with Crippen LogP contribution in [-0.4, -0.2) is 40.2 Å². The zero-order valence-electron chi connectivity index (χ0n) is 13.9. The first-order valence-electron chi connectivity index (χ1n) is 7.50. The Hall–Kier alpha value is -2.07. The van der Waals surface area contributed by atoms with E-state index >= 15 is 0 Å². The molecule has 22 heavy (non-hydrogen) atoms. The zero-order valence-corrected chi connectivity index (χ0v) is 13.9. The fourth-order valence-electron chi connectivity index (χ4n) is 2.66. The summed E-state index contributed by atoms with van der Waals surface area (Å²) in [5, 5.41) is 9.24. The van der Waals surface area contributed by atoms with Gasteiger partial charge in [0.25, 0.3) is 5.91 Å². The van der Waals surface area contributed by atoms with Crippen molar-refractivity contribution in [2.45, 2.75) is 33.7 Å². The molecule has 0 aliphatic rings. The number of hydrogen-bond donors (Lipinski definition) is 1. The van der Waals surface area contributed by atoms with Crippen molar-refractivity contribution in [2.75, 3.05) is 13.7 Å². The molecule has 0 aliphatic carbocycles. The summed E-state index contributed by atoms with van der Waals surface area (Å²) in [6, 6.07) is 9.94. The van der Waals surface area contributed by atoms with Gasteiger partial charge in [0.2, 0.25) is 0 Å². The van der Waals surface area contributed by atoms with Crippen molar-refractivity contribution in [1.82, 2.24) is 9.47 Å². The number of rotatable bonds is 4. The van der Waals surface area contributed by atoms with Crippen molar-refractivity contribution in [3.05, 3.63) is 52.8 Å². The standard InChI is InChI=1S/C18H24N2O2/c1-12-7-6-8-16(9-12)20-13(2)10-17(15(20)4)18(22)19(5)14(3)11-21/h6-10,14,21H,11H2,1-5H3. The van der Waals surface area contributed by atoms with Crippen molar-refractivity contribution < 1.29 is 9.90 Å². The predicted molar refractivity (Wildman–Crippen MR) is 88.6 cm³/mol. The molecule has 118 valence electrons. The lowest BCUT2D eigenvalue weighted by atomic mass is 10.2. The van der Waals surface area contributed by atoms with Crippen molar-refractivity contribution in [1.29, 1.82) is 0 Å². The van der Waals surface area contributed by atoms with Crippen molar-refractivity contribution >= 4 is 5.91 Å². The van der Waals surface area contributed by atoms with Crippen LogP contribution in [0.3, 0.4) is 0 Å². The largest absolute Gasteiger partial charge is 0.394 e. The molecular weight excluding hydrogens is 276 g/mol. The van der Waals surface area contributed by atoms with Crippen LogP contribution in [0.5, 0.6) is 0 Å². The third-order valence-corrected chi connectivity index (χ3v) is 4.17. The molecule has 0 spiro atoms. The lowest BCUT2D eigenvalue weighted by molar-refractivity contribution is 0.0681. The zero-order chi connectivity index (χ0) is 16.4. The fraction of sp³-hybridized carbons (Fsp3) is 0.389. The molecule has 1 aromatic heterocycles. The highest BCUT2D eigenvalue weighted by Crippen LogP contribution is 2.22. The first-order chi connectivity index (χ1) is 10.4. The number of aliphatic hydroxyl groups excluding tert-OH is 1. The smallest absolute Gasteiger partial charge is 0.255 e. The number of aliphatic hydroxyl groups is 1. The topological polar surface area (TPSA) is 45.5 Å². The Morgan fingerprint density at radius 1 is 1.27 bits per heavy atom. The number of likely N-dealkylation sites (N-methyl/N-ethyl adjacent to an activating group) is 1. The van der Waals surface area contributed by atoms with E-state index in [2.05, 4.69) is 23.6 Å². The molecule has 0 fully saturated rings. The fourth-order valence-corrected chi connectivity index (χ4v) is 2.66. The van der Waals surface area contributed by atoms with Crippen LogP contribution in [0.1, 0.15) is 34.2 Å². The summed E-state index contributed by atoms with van der Waals surface area (Å²) in [5.41, 5.74) is 4.87. The SMILES string of the molecule is Cc1cccc(-n2c(C)cc(C(=O)N(C)C(C)CO)c2C)c1. The van der Waals surface area contributed by atoms with Gasteiger partial charge in [0, 0.05) is 24.1 Å². The van der Waals surface area contributed by atoms with Crippen LogP contribution >= 0.6 is 0 Å². The Kier molecular flexibility index (Phi) is 4.71. The molecule has 1 heterocycles. The molecule has 1 atom stereocenters. The van der Waals surface area contributed by atoms with E-state index in [1.165, 1.54) is 5.56 Å². The molecule has 0 bridgehead atoms. The van der Waals surface area contributed by atoms with Gasteiger partial charge in [-0.05, 0) is 51.5 Å². The van der Waals surface area contributed by atoms with Crippen LogP contribution in [-0.2, 0) is 0 Å². The number of benzene rings is 1. The summed E-state index contributed by atoms with van der Waals surface area (Å²) in [4.78, 5) is 14.2. The van der Waals surface area contributed by atoms with E-state index < -0.39 is 0 Å². The van der Waals surface area contributed by atoms with E-state index in [-0.39, 0.29) is 18.6 Å². The number of aryl methyl sites for hydroxylation is 2. The Balaban J connectivity index is 2.46. The molecular formula is C18H24N2O2. The summed E-state index contributed by atoms with van der Waals surface area (Å²) in [5.74, 6) is -0.0615. The number of carbonyl (C=O) groups excluding carboxylic acids is 1. The van der Waals surface area contributed by atoms with Gasteiger partial charge >= 0.3 is 0 Å². The van der Waals surface area contributed by atoms with Crippen LogP contribution in [0.25, 0.3) is 5.69 Å². The number of aromatic nitrogens is 1. The molecule has 4 heteroatoms. The maximum Gasteiger partial charge on any atom is 0.255 e. The minimum Gasteiger partial charge on any atom is -0.394 e. The molecule has 0 saturated carbocycles. The third kappa shape index (κ3) is 2.92. The summed E-state index contributed by atoms with van der Waals surface area (Å²) < 4.78 is 2.09. The van der Waals surface area contributed by atoms with Crippen LogP contribution in [0, 0.1) is 20.8 Å². The highest BCUT2D eigenvalue weighted by atomic mass is 16.3. The number of nitrogens with zero attached hydrogens (tertiary/aromatic N) is 2. The maximum atomic E-state index is 12.6. The Bertz CT molecular complexity index is 688. The van der Waals surface area contributed by atoms with Gasteiger partial charge in [0.1, 0.15) is 0 Å². The van der Waals surface area contributed by atoms with E-state index in [0.717, 1.165) is 17.1 Å². The van der Waals surface area contributed by atoms with Gasteiger partial charge in [0.05, 0.1) is 18.2 Å². The van der Waals surface area contributed by atoms with Crippen LogP contribution in [0.2, 0.25) is 0 Å². The van der Waals surface area contributed by atoms with Gasteiger partial charge in [-0.3, -0.25) is 4.79 Å². The van der Waals surface area contributed by atoms with E-state index in [1.807, 2.05) is 39.0 Å². The third-order valence-electron chi connectivity index (χ3n) is 4.17. The monoisotopic (exact) mass is 300 g/mol. The van der Waals surface area contributed by atoms with E-state index in [9.17, 15) is 9.90 Å². The number of amides is 1. The van der Waals surface area contributed by atoms with E-state index in [1.54, 1.807) is 11.9 Å². The first-order valence-corrected chi connectivity index (χ1v) is 7.50. The van der Waals surface area contributed by atoms with Gasteiger partial charge in [-0.25, -0.2) is 0 Å². The van der Waals surface area contributed by atoms with E-state index in [0.29, 0.717) is 5.56 Å². The number of hydrogen-bond acceptors (Lipinski definition) is 2. The second-order valence-electron chi connectivity index (χ2n) is 5.91. The van der Waals surface area contributed by atoms with E-state index in [4.69, 9.17) is 0 Å². The molecule has 2 aromatic rings. The van der Waals surface area contributed by atoms with Crippen molar-refractivity contribution in [2.24, 2.45) is 0 Å². The molecule has 0 saturated heterocycles. The predicted octanol–water partition coefficient (Wildman–Crippen LogP) is 2.86. The Morgan fingerprint density at radius 2 is 1.95 bits per heavy atom. The van der Waals surface area contributed by atoms with Crippen LogP contribution in [0.15, 0.2) is 30.3 Å². The molecule has 2 rings (SSSR count). The molecule has 4 nitrogen and oxygen atoms in total. The highest BCUT2D eigenvalue weighted by molar-refractivity contribution is 5.96. The average molecular weight is 300 g/mol. The van der Waals surface area contributed by atoms with Crippen LogP contribution < -0.4 is 0 Å². The normalized spacial score (nSPS) is 12.3. The average Bonchev–Trinajstić information content (AvgIpc) is 2.79. The van der Waals surface area contributed by atoms with Gasteiger partial charge in [0.15, 0.2) is 0 Å². The van der Waals surface area contributed by atoms with Gasteiger partial charge in [-0.15, -0.1) is 0 Å². The second-order valence-corrected chi connectivity index (χ2v) is 5.91. The van der Waals surface area contributed by atoms with Gasteiger partial charge in [-0.1, -0.05) is 12.1 Å². The molecule has 1 unspecified atom stereocenters. The first kappa shape index (κ1) is 16.3. The Morgan fingerprint density at radius 3 is 2.55 bits per heavy atom. The summed E-state index contributed by atoms with van der Waals surface area (Å²) in [6.07, 6.45) is 0. The molecule has 1 amide bonds. The summed E-state index contributed by atoms with van der Waals surface area (Å²) >= 11 is 0. The molecule has 0 radical (unpaired) electrons. The minimum absolute atomic E-state index is 0.0428. The Labute approximate surface area is 132 Å². The summed E-state index contributed by atoms with van der Waals surface area (Å²) in [7, 11) is 1.72. The lowest BCUT2D eigenvalue weighted by Crippen LogP contribution is -2.37. The minimum atomic E-state index is -0.200.